The predicted molar refractivity (Wildman–Crippen MR) is 105 cm³/mol. The number of para-hydroxylation sites is 1. The highest BCUT2D eigenvalue weighted by molar-refractivity contribution is 5.78. The van der Waals surface area contributed by atoms with Crippen molar-refractivity contribution in [3.63, 3.8) is 0 Å². The van der Waals surface area contributed by atoms with Crippen LogP contribution in [0.5, 0.6) is 5.75 Å². The number of aromatic amines is 1. The van der Waals surface area contributed by atoms with Crippen molar-refractivity contribution in [3.05, 3.63) is 70.3 Å². The molecule has 0 saturated heterocycles. The van der Waals surface area contributed by atoms with Gasteiger partial charge in [-0.25, -0.2) is 4.98 Å². The molecular weight excluding hydrogens is 342 g/mol. The molecule has 2 aromatic carbocycles. The van der Waals surface area contributed by atoms with E-state index in [0.29, 0.717) is 36.3 Å². The quantitative estimate of drug-likeness (QED) is 0.643. The average Bonchev–Trinajstić information content (AvgIpc) is 2.70. The van der Waals surface area contributed by atoms with Crippen LogP contribution in [0.15, 0.2) is 53.3 Å². The van der Waals surface area contributed by atoms with Crippen LogP contribution < -0.4 is 15.6 Å². The average molecular weight is 365 g/mol. The van der Waals surface area contributed by atoms with E-state index in [1.54, 1.807) is 18.2 Å². The fraction of sp³-hybridized carbons (Fsp3) is 0.286. The van der Waals surface area contributed by atoms with E-state index < -0.39 is 0 Å². The van der Waals surface area contributed by atoms with E-state index in [1.807, 2.05) is 30.3 Å². The Balaban J connectivity index is 1.50. The van der Waals surface area contributed by atoms with Crippen molar-refractivity contribution >= 4 is 16.8 Å². The third-order valence-corrected chi connectivity index (χ3v) is 4.14. The largest absolute Gasteiger partial charge is 0.494 e. The summed E-state index contributed by atoms with van der Waals surface area (Å²) in [5, 5.41) is 3.44. The van der Waals surface area contributed by atoms with Crippen molar-refractivity contribution in [3.8, 4) is 5.75 Å². The van der Waals surface area contributed by atoms with E-state index in [9.17, 15) is 9.59 Å². The number of carbonyl (C=O) groups excluding carboxylic acids is 1. The summed E-state index contributed by atoms with van der Waals surface area (Å²) in [7, 11) is 0. The Kier molecular flexibility index (Phi) is 6.20. The summed E-state index contributed by atoms with van der Waals surface area (Å²) in [6.45, 7) is 3.21. The molecule has 0 aliphatic rings. The van der Waals surface area contributed by atoms with E-state index >= 15 is 0 Å². The molecule has 27 heavy (non-hydrogen) atoms. The van der Waals surface area contributed by atoms with Gasteiger partial charge >= 0.3 is 0 Å². The molecule has 140 valence electrons. The van der Waals surface area contributed by atoms with E-state index in [4.69, 9.17) is 4.74 Å². The van der Waals surface area contributed by atoms with Gasteiger partial charge in [-0.05, 0) is 36.2 Å². The molecule has 0 unspecified atom stereocenters. The normalized spacial score (nSPS) is 10.7. The third kappa shape index (κ3) is 5.17. The van der Waals surface area contributed by atoms with Gasteiger partial charge in [0.25, 0.3) is 5.56 Å². The molecule has 3 aromatic rings. The number of H-pyrrole nitrogens is 1. The number of aryl methyl sites for hydroxylation is 1. The van der Waals surface area contributed by atoms with Gasteiger partial charge in [0.05, 0.1) is 17.5 Å². The van der Waals surface area contributed by atoms with Crippen LogP contribution in [0.25, 0.3) is 10.9 Å². The minimum absolute atomic E-state index is 0.0860. The van der Waals surface area contributed by atoms with Crippen molar-refractivity contribution < 1.29 is 9.53 Å². The number of nitrogens with zero attached hydrogens (tertiary/aromatic N) is 1. The van der Waals surface area contributed by atoms with Crippen molar-refractivity contribution in [1.82, 2.24) is 15.3 Å². The van der Waals surface area contributed by atoms with Crippen molar-refractivity contribution in [2.24, 2.45) is 0 Å². The lowest BCUT2D eigenvalue weighted by atomic mass is 10.2. The van der Waals surface area contributed by atoms with Crippen LogP contribution in [0.3, 0.4) is 0 Å². The van der Waals surface area contributed by atoms with Gasteiger partial charge in [0.1, 0.15) is 11.6 Å². The van der Waals surface area contributed by atoms with E-state index in [1.165, 1.54) is 0 Å². The second-order valence-electron chi connectivity index (χ2n) is 6.30. The van der Waals surface area contributed by atoms with E-state index in [0.717, 1.165) is 17.7 Å². The number of benzene rings is 2. The summed E-state index contributed by atoms with van der Waals surface area (Å²) >= 11 is 0. The van der Waals surface area contributed by atoms with Crippen LogP contribution in [0.4, 0.5) is 0 Å². The monoisotopic (exact) mass is 365 g/mol. The lowest BCUT2D eigenvalue weighted by Gasteiger charge is -2.08. The Morgan fingerprint density at radius 3 is 2.70 bits per heavy atom. The van der Waals surface area contributed by atoms with Crippen molar-refractivity contribution in [2.75, 3.05) is 6.61 Å². The molecule has 0 aliphatic carbocycles. The SMILES string of the molecule is CCCOc1ccc(CNC(=O)CCc2nc3ccccc3c(=O)[nH]2)cc1. The summed E-state index contributed by atoms with van der Waals surface area (Å²) in [5.74, 6) is 1.27. The Hall–Kier alpha value is -3.15. The van der Waals surface area contributed by atoms with Crippen LogP contribution >= 0.6 is 0 Å². The summed E-state index contributed by atoms with van der Waals surface area (Å²) in [4.78, 5) is 31.3. The maximum absolute atomic E-state index is 12.1. The molecular formula is C21H23N3O3. The van der Waals surface area contributed by atoms with Gasteiger partial charge in [0.2, 0.25) is 5.91 Å². The Morgan fingerprint density at radius 1 is 1.15 bits per heavy atom. The Bertz CT molecular complexity index is 964. The van der Waals surface area contributed by atoms with Crippen LogP contribution in [0, 0.1) is 0 Å². The lowest BCUT2D eigenvalue weighted by Crippen LogP contribution is -2.23. The summed E-state index contributed by atoms with van der Waals surface area (Å²) in [6.07, 6.45) is 1.61. The standard InChI is InChI=1S/C21H23N3O3/c1-2-13-27-16-9-7-15(8-10-16)14-22-20(25)12-11-19-23-18-6-4-3-5-17(18)21(26)24-19/h3-10H,2,11-14H2,1H3,(H,22,25)(H,23,24,26). The van der Waals surface area contributed by atoms with Crippen LogP contribution in [-0.4, -0.2) is 22.5 Å². The minimum Gasteiger partial charge on any atom is -0.494 e. The molecule has 6 nitrogen and oxygen atoms in total. The molecule has 0 atom stereocenters. The Morgan fingerprint density at radius 2 is 1.93 bits per heavy atom. The zero-order valence-electron chi connectivity index (χ0n) is 15.3. The van der Waals surface area contributed by atoms with Gasteiger partial charge in [0, 0.05) is 19.4 Å². The number of nitrogens with one attached hydrogen (secondary N) is 2. The molecule has 0 spiro atoms. The van der Waals surface area contributed by atoms with E-state index in [2.05, 4.69) is 22.2 Å². The molecule has 3 rings (SSSR count). The highest BCUT2D eigenvalue weighted by Gasteiger charge is 2.07. The minimum atomic E-state index is -0.179. The molecule has 1 amide bonds. The Labute approximate surface area is 157 Å². The molecule has 0 fully saturated rings. The maximum Gasteiger partial charge on any atom is 0.258 e. The van der Waals surface area contributed by atoms with Crippen LogP contribution in [0.2, 0.25) is 0 Å². The van der Waals surface area contributed by atoms with Crippen LogP contribution in [0.1, 0.15) is 31.2 Å². The number of fused-ring (bicyclic) bond motifs is 1. The first kappa shape index (κ1) is 18.6. The number of ether oxygens (including phenoxy) is 1. The first-order chi connectivity index (χ1) is 13.2. The molecule has 0 bridgehead atoms. The van der Waals surface area contributed by atoms with Gasteiger partial charge in [-0.2, -0.15) is 0 Å². The highest BCUT2D eigenvalue weighted by Crippen LogP contribution is 2.12. The molecule has 6 heteroatoms. The first-order valence-electron chi connectivity index (χ1n) is 9.12. The first-order valence-corrected chi connectivity index (χ1v) is 9.12. The number of hydrogen-bond acceptors (Lipinski definition) is 4. The second kappa shape index (κ2) is 8.98. The molecule has 0 radical (unpaired) electrons. The fourth-order valence-corrected chi connectivity index (χ4v) is 2.70. The summed E-state index contributed by atoms with van der Waals surface area (Å²) < 4.78 is 5.54. The molecule has 1 aromatic heterocycles. The molecule has 1 heterocycles. The number of rotatable bonds is 8. The van der Waals surface area contributed by atoms with Gasteiger partial charge in [-0.3, -0.25) is 9.59 Å². The summed E-state index contributed by atoms with van der Waals surface area (Å²) in [5.41, 5.74) is 1.47. The lowest BCUT2D eigenvalue weighted by molar-refractivity contribution is -0.121. The number of aromatic nitrogens is 2. The van der Waals surface area contributed by atoms with Crippen molar-refractivity contribution in [1.29, 1.82) is 0 Å². The number of hydrogen-bond donors (Lipinski definition) is 2. The van der Waals surface area contributed by atoms with Gasteiger partial charge in [-0.15, -0.1) is 0 Å². The zero-order valence-corrected chi connectivity index (χ0v) is 15.3. The maximum atomic E-state index is 12.1. The van der Waals surface area contributed by atoms with Gasteiger partial charge in [-0.1, -0.05) is 31.2 Å². The third-order valence-electron chi connectivity index (χ3n) is 4.14. The molecule has 2 N–H and O–H groups in total. The zero-order chi connectivity index (χ0) is 19.1. The second-order valence-corrected chi connectivity index (χ2v) is 6.30. The summed E-state index contributed by atoms with van der Waals surface area (Å²) in [6, 6.07) is 14.8. The number of amides is 1. The van der Waals surface area contributed by atoms with E-state index in [-0.39, 0.29) is 17.9 Å². The highest BCUT2D eigenvalue weighted by atomic mass is 16.5. The smallest absolute Gasteiger partial charge is 0.258 e. The van der Waals surface area contributed by atoms with Gasteiger partial charge < -0.3 is 15.0 Å². The number of carbonyl (C=O) groups is 1. The fourth-order valence-electron chi connectivity index (χ4n) is 2.70. The molecule has 0 aliphatic heterocycles. The molecule has 0 saturated carbocycles. The van der Waals surface area contributed by atoms with Crippen molar-refractivity contribution in [2.45, 2.75) is 32.7 Å². The topological polar surface area (TPSA) is 84.1 Å². The van der Waals surface area contributed by atoms with Crippen LogP contribution in [-0.2, 0) is 17.8 Å². The van der Waals surface area contributed by atoms with Gasteiger partial charge in [0.15, 0.2) is 0 Å². The predicted octanol–water partition coefficient (Wildman–Crippen LogP) is 2.96.